The summed E-state index contributed by atoms with van der Waals surface area (Å²) in [6.45, 7) is 0. The Balaban J connectivity index is 0.00000324. The van der Waals surface area contributed by atoms with E-state index in [1.165, 1.54) is 0 Å². The van der Waals surface area contributed by atoms with Crippen LogP contribution in [0.4, 0.5) is 0 Å². The van der Waals surface area contributed by atoms with Gasteiger partial charge in [-0.25, -0.2) is 0 Å². The maximum absolute atomic E-state index is 12.6. The topological polar surface area (TPSA) is 61.5 Å². The molecule has 2 N–H and O–H groups in total. The van der Waals surface area contributed by atoms with E-state index >= 15 is 0 Å². The van der Waals surface area contributed by atoms with Crippen LogP contribution >= 0.6 is 7.26 Å². The van der Waals surface area contributed by atoms with Crippen molar-refractivity contribution in [3.63, 3.8) is 0 Å². The summed E-state index contributed by atoms with van der Waals surface area (Å²) in [5.74, 6) is 1.00. The molecule has 0 aliphatic heterocycles. The molecule has 34 heavy (non-hydrogen) atoms. The Morgan fingerprint density at radius 2 is 1.26 bits per heavy atom. The van der Waals surface area contributed by atoms with Gasteiger partial charge >= 0.3 is 0 Å². The van der Waals surface area contributed by atoms with E-state index in [4.69, 9.17) is 15.2 Å². The lowest BCUT2D eigenvalue weighted by atomic mass is 10.1. The summed E-state index contributed by atoms with van der Waals surface area (Å²) < 4.78 is 11.0. The van der Waals surface area contributed by atoms with Crippen LogP contribution in [0, 0.1) is 0 Å². The summed E-state index contributed by atoms with van der Waals surface area (Å²) in [5.41, 5.74) is 7.95. The number of rotatable bonds is 8. The van der Waals surface area contributed by atoms with Gasteiger partial charge < -0.3 is 27.6 Å². The first-order chi connectivity index (χ1) is 16.1. The zero-order chi connectivity index (χ0) is 23.3. The first kappa shape index (κ1) is 25.3. The SMILES string of the molecule is COc1ccc(-c2ccccc2[P+](CC(N)=O)(c2ccccc2)c2ccccc2)cc1OC.[Cl-]. The van der Waals surface area contributed by atoms with Crippen LogP contribution in [0.25, 0.3) is 11.1 Å². The van der Waals surface area contributed by atoms with Gasteiger partial charge in [-0.2, -0.15) is 0 Å². The average molecular weight is 492 g/mol. The van der Waals surface area contributed by atoms with E-state index in [0.717, 1.165) is 27.0 Å². The molecular formula is C28H27ClNO3P. The molecule has 0 atom stereocenters. The molecule has 4 aromatic carbocycles. The third-order valence-corrected chi connectivity index (χ3v) is 10.2. The van der Waals surface area contributed by atoms with Gasteiger partial charge in [0.05, 0.1) is 14.2 Å². The van der Waals surface area contributed by atoms with Crippen LogP contribution < -0.4 is 43.5 Å². The lowest BCUT2D eigenvalue weighted by molar-refractivity contribution is -0.115. The van der Waals surface area contributed by atoms with Gasteiger partial charge in [0.2, 0.25) is 0 Å². The molecule has 0 aromatic heterocycles. The third kappa shape index (κ3) is 4.79. The molecule has 4 aromatic rings. The molecule has 4 rings (SSSR count). The number of carbonyl (C=O) groups is 1. The first-order valence-corrected chi connectivity index (χ1v) is 12.7. The van der Waals surface area contributed by atoms with Gasteiger partial charge in [-0.3, -0.25) is 4.79 Å². The fraction of sp³-hybridized carbons (Fsp3) is 0.107. The number of ether oxygens (including phenoxy) is 2. The van der Waals surface area contributed by atoms with E-state index in [9.17, 15) is 4.79 Å². The normalized spacial score (nSPS) is 10.8. The average Bonchev–Trinajstić information content (AvgIpc) is 2.87. The van der Waals surface area contributed by atoms with Crippen molar-refractivity contribution in [1.82, 2.24) is 0 Å². The van der Waals surface area contributed by atoms with Gasteiger partial charge in [-0.1, -0.05) is 60.7 Å². The maximum atomic E-state index is 12.6. The number of carbonyl (C=O) groups excluding carboxylic acids is 1. The Hall–Kier alpha value is -3.33. The molecule has 6 heteroatoms. The van der Waals surface area contributed by atoms with E-state index in [0.29, 0.717) is 11.5 Å². The van der Waals surface area contributed by atoms with Crippen LogP contribution in [0.1, 0.15) is 0 Å². The number of benzene rings is 4. The molecule has 4 nitrogen and oxygen atoms in total. The van der Waals surface area contributed by atoms with Gasteiger partial charge in [0.25, 0.3) is 5.91 Å². The highest BCUT2D eigenvalue weighted by atomic mass is 35.5. The molecule has 0 saturated carbocycles. The number of methoxy groups -OCH3 is 2. The molecule has 0 aliphatic rings. The second kappa shape index (κ2) is 11.2. The molecule has 0 unspecified atom stereocenters. The second-order valence-corrected chi connectivity index (χ2v) is 11.1. The third-order valence-electron chi connectivity index (χ3n) is 5.80. The number of halogens is 1. The van der Waals surface area contributed by atoms with Crippen molar-refractivity contribution in [2.75, 3.05) is 20.4 Å². The standard InChI is InChI=1S/C28H26NO3P.ClH/c1-31-25-18-17-21(19-26(25)32-2)24-15-9-10-16-27(24)33(20-28(29)30,22-11-5-3-6-12-22)23-13-7-4-8-14-23;/h3-19H,20H2,1-2H3,(H-,29,30);1H. The summed E-state index contributed by atoms with van der Waals surface area (Å²) in [6, 6.07) is 34.7. The molecule has 0 saturated heterocycles. The minimum atomic E-state index is -2.40. The number of hydrogen-bond donors (Lipinski definition) is 1. The molecule has 0 radical (unpaired) electrons. The summed E-state index contributed by atoms with van der Waals surface area (Å²) in [5, 5.41) is 3.33. The van der Waals surface area contributed by atoms with E-state index < -0.39 is 7.26 Å². The number of primary amides is 1. The lowest BCUT2D eigenvalue weighted by Gasteiger charge is -2.28. The van der Waals surface area contributed by atoms with E-state index in [2.05, 4.69) is 36.4 Å². The summed E-state index contributed by atoms with van der Waals surface area (Å²) in [6.07, 6.45) is 0.241. The molecule has 0 spiro atoms. The van der Waals surface area contributed by atoms with Crippen molar-refractivity contribution in [3.05, 3.63) is 103 Å². The van der Waals surface area contributed by atoms with Crippen molar-refractivity contribution in [1.29, 1.82) is 0 Å². The maximum Gasteiger partial charge on any atom is 0.256 e. The van der Waals surface area contributed by atoms with Crippen LogP contribution in [0.15, 0.2) is 103 Å². The van der Waals surface area contributed by atoms with Gasteiger partial charge in [0.15, 0.2) is 17.7 Å². The van der Waals surface area contributed by atoms with Crippen LogP contribution in [0.5, 0.6) is 11.5 Å². The Kier molecular flexibility index (Phi) is 8.33. The zero-order valence-corrected chi connectivity index (χ0v) is 20.8. The summed E-state index contributed by atoms with van der Waals surface area (Å²) in [7, 11) is 0.854. The van der Waals surface area contributed by atoms with E-state index in [1.807, 2.05) is 66.7 Å². The quantitative estimate of drug-likeness (QED) is 0.376. The predicted molar refractivity (Wildman–Crippen MR) is 138 cm³/mol. The molecule has 0 bridgehead atoms. The van der Waals surface area contributed by atoms with Crippen LogP contribution in [0.3, 0.4) is 0 Å². The predicted octanol–water partition coefficient (Wildman–Crippen LogP) is 1.15. The lowest BCUT2D eigenvalue weighted by Crippen LogP contribution is -3.00. The van der Waals surface area contributed by atoms with Crippen LogP contribution in [-0.2, 0) is 4.79 Å². The monoisotopic (exact) mass is 491 g/mol. The summed E-state index contributed by atoms with van der Waals surface area (Å²) in [4.78, 5) is 12.6. The number of nitrogens with two attached hydrogens (primary N) is 1. The highest BCUT2D eigenvalue weighted by Gasteiger charge is 2.48. The fourth-order valence-corrected chi connectivity index (χ4v) is 8.52. The molecular weight excluding hydrogens is 465 g/mol. The van der Waals surface area contributed by atoms with Crippen LogP contribution in [0.2, 0.25) is 0 Å². The van der Waals surface area contributed by atoms with E-state index in [1.54, 1.807) is 14.2 Å². The Bertz CT molecular complexity index is 1210. The van der Waals surface area contributed by atoms with Crippen molar-refractivity contribution in [3.8, 4) is 22.6 Å². The smallest absolute Gasteiger partial charge is 0.256 e. The number of hydrogen-bond acceptors (Lipinski definition) is 3. The van der Waals surface area contributed by atoms with Crippen molar-refractivity contribution in [2.45, 2.75) is 0 Å². The molecule has 0 fully saturated rings. The van der Waals surface area contributed by atoms with Gasteiger partial charge in [0, 0.05) is 5.56 Å². The van der Waals surface area contributed by atoms with Crippen LogP contribution in [-0.4, -0.2) is 26.3 Å². The number of amides is 1. The highest BCUT2D eigenvalue weighted by Crippen LogP contribution is 2.56. The van der Waals surface area contributed by atoms with Crippen molar-refractivity contribution in [2.24, 2.45) is 5.73 Å². The van der Waals surface area contributed by atoms with Gasteiger partial charge in [-0.15, -0.1) is 0 Å². The Morgan fingerprint density at radius 3 is 1.79 bits per heavy atom. The van der Waals surface area contributed by atoms with Crippen molar-refractivity contribution < 1.29 is 26.7 Å². The zero-order valence-electron chi connectivity index (χ0n) is 19.1. The minimum absolute atomic E-state index is 0. The fourth-order valence-electron chi connectivity index (χ4n) is 4.35. The summed E-state index contributed by atoms with van der Waals surface area (Å²) >= 11 is 0. The molecule has 0 aliphatic carbocycles. The highest BCUT2D eigenvalue weighted by molar-refractivity contribution is 7.96. The molecule has 0 heterocycles. The Labute approximate surface area is 207 Å². The minimum Gasteiger partial charge on any atom is -1.00 e. The molecule has 1 amide bonds. The first-order valence-electron chi connectivity index (χ1n) is 10.7. The van der Waals surface area contributed by atoms with Gasteiger partial charge in [-0.05, 0) is 48.0 Å². The van der Waals surface area contributed by atoms with Gasteiger partial charge in [0.1, 0.15) is 23.2 Å². The Morgan fingerprint density at radius 1 is 0.735 bits per heavy atom. The van der Waals surface area contributed by atoms with E-state index in [-0.39, 0.29) is 24.5 Å². The van der Waals surface area contributed by atoms with Crippen molar-refractivity contribution >= 4 is 29.1 Å². The largest absolute Gasteiger partial charge is 1.00 e. The molecule has 174 valence electrons. The second-order valence-electron chi connectivity index (χ2n) is 7.69.